The van der Waals surface area contributed by atoms with E-state index >= 15 is 0 Å². The molecule has 0 radical (unpaired) electrons. The van der Waals surface area contributed by atoms with Gasteiger partial charge in [0.1, 0.15) is 0 Å². The quantitative estimate of drug-likeness (QED) is 0.867. The minimum atomic E-state index is 0.150. The second-order valence-electron chi connectivity index (χ2n) is 6.78. The Hall–Kier alpha value is 0.230. The van der Waals surface area contributed by atoms with Crippen molar-refractivity contribution in [1.29, 1.82) is 0 Å². The van der Waals surface area contributed by atoms with Crippen LogP contribution in [-0.4, -0.2) is 43.0 Å². The highest BCUT2D eigenvalue weighted by Crippen LogP contribution is 2.39. The molecule has 3 nitrogen and oxygen atoms in total. The van der Waals surface area contributed by atoms with E-state index in [0.29, 0.717) is 17.9 Å². The molecule has 2 heterocycles. The highest BCUT2D eigenvalue weighted by atomic mass is 32.2. The third-order valence-corrected chi connectivity index (χ3v) is 6.50. The van der Waals surface area contributed by atoms with E-state index in [1.54, 1.807) is 0 Å². The van der Waals surface area contributed by atoms with Crippen LogP contribution in [0.15, 0.2) is 0 Å². The van der Waals surface area contributed by atoms with E-state index in [4.69, 9.17) is 15.2 Å². The molecule has 3 unspecified atom stereocenters. The summed E-state index contributed by atoms with van der Waals surface area (Å²) in [5.41, 5.74) is 6.02. The molecule has 0 bridgehead atoms. The molecular formula is C16H29NO2S. The first-order chi connectivity index (χ1) is 9.81. The molecule has 0 aromatic rings. The molecule has 2 saturated heterocycles. The fourth-order valence-corrected chi connectivity index (χ4v) is 5.36. The third kappa shape index (κ3) is 3.52. The van der Waals surface area contributed by atoms with Crippen LogP contribution in [0.25, 0.3) is 0 Å². The van der Waals surface area contributed by atoms with Gasteiger partial charge in [-0.05, 0) is 62.0 Å². The van der Waals surface area contributed by atoms with Gasteiger partial charge in [-0.15, -0.1) is 0 Å². The lowest BCUT2D eigenvalue weighted by Gasteiger charge is -2.43. The molecular weight excluding hydrogens is 270 g/mol. The molecule has 20 heavy (non-hydrogen) atoms. The highest BCUT2D eigenvalue weighted by Gasteiger charge is 2.39. The van der Waals surface area contributed by atoms with Crippen molar-refractivity contribution in [1.82, 2.24) is 0 Å². The van der Waals surface area contributed by atoms with E-state index in [2.05, 4.69) is 11.8 Å². The lowest BCUT2D eigenvalue weighted by molar-refractivity contribution is -0.141. The fraction of sp³-hybridized carbons (Fsp3) is 1.00. The first-order valence-corrected chi connectivity index (χ1v) is 9.50. The Balaban J connectivity index is 1.47. The van der Waals surface area contributed by atoms with Gasteiger partial charge in [-0.1, -0.05) is 6.42 Å². The Morgan fingerprint density at radius 3 is 2.75 bits per heavy atom. The van der Waals surface area contributed by atoms with Crippen LogP contribution in [0, 0.1) is 11.8 Å². The standard InChI is InChI=1S/C16H29NO2S/c17-11-13-2-1-3-14(13)12-18-15-4-7-19-16(10-15)5-8-20-9-6-16/h13-15H,1-12,17H2. The molecule has 1 saturated carbocycles. The zero-order valence-corrected chi connectivity index (χ0v) is 13.3. The summed E-state index contributed by atoms with van der Waals surface area (Å²) in [4.78, 5) is 0. The molecule has 0 aromatic carbocycles. The van der Waals surface area contributed by atoms with Crippen molar-refractivity contribution in [2.75, 3.05) is 31.3 Å². The van der Waals surface area contributed by atoms with Crippen molar-refractivity contribution < 1.29 is 9.47 Å². The number of hydrogen-bond donors (Lipinski definition) is 1. The molecule has 3 aliphatic rings. The summed E-state index contributed by atoms with van der Waals surface area (Å²) in [5.74, 6) is 3.92. The second-order valence-corrected chi connectivity index (χ2v) is 8.00. The van der Waals surface area contributed by atoms with Crippen LogP contribution >= 0.6 is 11.8 Å². The number of rotatable bonds is 4. The first-order valence-electron chi connectivity index (χ1n) is 8.35. The monoisotopic (exact) mass is 299 g/mol. The van der Waals surface area contributed by atoms with E-state index < -0.39 is 0 Å². The zero-order valence-electron chi connectivity index (χ0n) is 12.5. The topological polar surface area (TPSA) is 44.5 Å². The van der Waals surface area contributed by atoms with Gasteiger partial charge >= 0.3 is 0 Å². The van der Waals surface area contributed by atoms with Crippen LogP contribution in [0.1, 0.15) is 44.9 Å². The Kier molecular flexibility index (Phi) is 5.29. The molecule has 4 heteroatoms. The van der Waals surface area contributed by atoms with Crippen LogP contribution in [0.4, 0.5) is 0 Å². The van der Waals surface area contributed by atoms with Gasteiger partial charge in [0.2, 0.25) is 0 Å². The van der Waals surface area contributed by atoms with Crippen LogP contribution in [-0.2, 0) is 9.47 Å². The van der Waals surface area contributed by atoms with E-state index in [0.717, 1.165) is 32.6 Å². The normalized spacial score (nSPS) is 37.4. The van der Waals surface area contributed by atoms with Gasteiger partial charge in [0, 0.05) is 13.0 Å². The third-order valence-electron chi connectivity index (χ3n) is 5.52. The first kappa shape index (κ1) is 15.1. The molecule has 116 valence electrons. The van der Waals surface area contributed by atoms with Gasteiger partial charge in [-0.25, -0.2) is 0 Å². The summed E-state index contributed by atoms with van der Waals surface area (Å²) in [7, 11) is 0. The average molecular weight is 299 g/mol. The van der Waals surface area contributed by atoms with Crippen LogP contribution in [0.3, 0.4) is 0 Å². The summed E-state index contributed by atoms with van der Waals surface area (Å²) in [5, 5.41) is 0. The van der Waals surface area contributed by atoms with Gasteiger partial charge in [-0.2, -0.15) is 11.8 Å². The molecule has 3 rings (SSSR count). The SMILES string of the molecule is NCC1CCCC1COC1CCOC2(CCSCC2)C1. The molecule has 2 aliphatic heterocycles. The zero-order chi connectivity index (χ0) is 13.8. The van der Waals surface area contributed by atoms with Crippen LogP contribution < -0.4 is 5.73 Å². The predicted molar refractivity (Wildman–Crippen MR) is 84.1 cm³/mol. The van der Waals surface area contributed by atoms with Crippen molar-refractivity contribution >= 4 is 11.8 Å². The van der Waals surface area contributed by atoms with Crippen LogP contribution in [0.5, 0.6) is 0 Å². The Morgan fingerprint density at radius 1 is 1.15 bits per heavy atom. The second kappa shape index (κ2) is 6.99. The summed E-state index contributed by atoms with van der Waals surface area (Å²) in [6.45, 7) is 2.65. The summed E-state index contributed by atoms with van der Waals surface area (Å²) < 4.78 is 12.4. The maximum absolute atomic E-state index is 6.28. The Morgan fingerprint density at radius 2 is 1.95 bits per heavy atom. The van der Waals surface area contributed by atoms with Crippen molar-refractivity contribution in [3.8, 4) is 0 Å². The van der Waals surface area contributed by atoms with Gasteiger partial charge in [-0.3, -0.25) is 0 Å². The Bertz CT molecular complexity index is 301. The smallest absolute Gasteiger partial charge is 0.0723 e. The summed E-state index contributed by atoms with van der Waals surface area (Å²) in [6.07, 6.45) is 9.00. The number of nitrogens with two attached hydrogens (primary N) is 1. The molecule has 1 spiro atoms. The molecule has 0 amide bonds. The number of thioether (sulfide) groups is 1. The Labute approximate surface area is 127 Å². The van der Waals surface area contributed by atoms with Gasteiger partial charge in [0.05, 0.1) is 18.3 Å². The average Bonchev–Trinajstić information content (AvgIpc) is 2.93. The van der Waals surface area contributed by atoms with Gasteiger partial charge in [0.15, 0.2) is 0 Å². The van der Waals surface area contributed by atoms with Crippen molar-refractivity contribution in [2.45, 2.75) is 56.7 Å². The lowest BCUT2D eigenvalue weighted by Crippen LogP contribution is -2.45. The van der Waals surface area contributed by atoms with Crippen LogP contribution in [0.2, 0.25) is 0 Å². The predicted octanol–water partition coefficient (Wildman–Crippen LogP) is 2.82. The molecule has 3 fully saturated rings. The van der Waals surface area contributed by atoms with E-state index in [1.807, 2.05) is 0 Å². The molecule has 3 atom stereocenters. The number of ether oxygens (including phenoxy) is 2. The minimum absolute atomic E-state index is 0.150. The van der Waals surface area contributed by atoms with Gasteiger partial charge in [0.25, 0.3) is 0 Å². The molecule has 0 aromatic heterocycles. The van der Waals surface area contributed by atoms with Crippen molar-refractivity contribution in [3.63, 3.8) is 0 Å². The molecule has 2 N–H and O–H groups in total. The highest BCUT2D eigenvalue weighted by molar-refractivity contribution is 7.99. The maximum Gasteiger partial charge on any atom is 0.0723 e. The lowest BCUT2D eigenvalue weighted by atomic mass is 9.86. The molecule has 1 aliphatic carbocycles. The van der Waals surface area contributed by atoms with E-state index in [-0.39, 0.29) is 5.60 Å². The fourth-order valence-electron chi connectivity index (χ4n) is 4.12. The summed E-state index contributed by atoms with van der Waals surface area (Å²) >= 11 is 2.07. The van der Waals surface area contributed by atoms with Gasteiger partial charge < -0.3 is 15.2 Å². The minimum Gasteiger partial charge on any atom is -0.378 e. The van der Waals surface area contributed by atoms with E-state index in [1.165, 1.54) is 43.6 Å². The summed E-state index contributed by atoms with van der Waals surface area (Å²) in [6, 6.07) is 0. The van der Waals surface area contributed by atoms with Crippen molar-refractivity contribution in [3.05, 3.63) is 0 Å². The van der Waals surface area contributed by atoms with E-state index in [9.17, 15) is 0 Å². The number of hydrogen-bond acceptors (Lipinski definition) is 4. The largest absolute Gasteiger partial charge is 0.378 e. The maximum atomic E-state index is 6.28. The van der Waals surface area contributed by atoms with Crippen molar-refractivity contribution in [2.24, 2.45) is 17.6 Å².